The Bertz CT molecular complexity index is 1150. The predicted octanol–water partition coefficient (Wildman–Crippen LogP) is 5.46. The molecule has 3 atom stereocenters. The largest absolute Gasteiger partial charge is 0.273 e. The Morgan fingerprint density at radius 3 is 2.10 bits per heavy atom. The van der Waals surface area contributed by atoms with E-state index in [4.69, 9.17) is 16.4 Å². The van der Waals surface area contributed by atoms with Gasteiger partial charge in [0.05, 0.1) is 17.4 Å². The van der Waals surface area contributed by atoms with Crippen LogP contribution in [0.4, 0.5) is 11.4 Å². The molecule has 0 bridgehead atoms. The van der Waals surface area contributed by atoms with Gasteiger partial charge in [-0.3, -0.25) is 14.4 Å². The van der Waals surface area contributed by atoms with Gasteiger partial charge >= 0.3 is 0 Å². The Morgan fingerprint density at radius 2 is 1.45 bits per heavy atom. The molecule has 0 unspecified atom stereocenters. The minimum atomic E-state index is -0.891. The lowest BCUT2D eigenvalue weighted by Crippen LogP contribution is -2.37. The average Bonchev–Trinajstić information content (AvgIpc) is 3.26. The molecule has 3 aromatic carbocycles. The number of fused-ring (bicyclic) bond motifs is 1. The molecule has 0 N–H and O–H groups in total. The summed E-state index contributed by atoms with van der Waals surface area (Å²) in [5.74, 6) is -1.28. The number of nitrogens with zero attached hydrogens (tertiary/aromatic N) is 2. The van der Waals surface area contributed by atoms with E-state index >= 15 is 0 Å². The Balaban J connectivity index is 1.57. The summed E-state index contributed by atoms with van der Waals surface area (Å²) in [4.78, 5) is 34.2. The number of rotatable bonds is 3. The number of aryl methyl sites for hydroxylation is 1. The lowest BCUT2D eigenvalue weighted by atomic mass is 9.90. The summed E-state index contributed by atoms with van der Waals surface area (Å²) < 4.78 is 0.873. The van der Waals surface area contributed by atoms with Crippen molar-refractivity contribution in [3.05, 3.63) is 93.4 Å². The van der Waals surface area contributed by atoms with E-state index in [-0.39, 0.29) is 11.8 Å². The first-order chi connectivity index (χ1) is 14.9. The highest BCUT2D eigenvalue weighted by molar-refractivity contribution is 9.10. The minimum Gasteiger partial charge on any atom is -0.273 e. The highest BCUT2D eigenvalue weighted by Crippen LogP contribution is 2.47. The van der Waals surface area contributed by atoms with Gasteiger partial charge in [0.2, 0.25) is 5.91 Å². The number of hydrogen-bond donors (Lipinski definition) is 0. The fourth-order valence-corrected chi connectivity index (χ4v) is 4.56. The van der Waals surface area contributed by atoms with E-state index in [0.29, 0.717) is 10.7 Å². The number of amides is 2. The monoisotopic (exact) mass is 496 g/mol. The summed E-state index contributed by atoms with van der Waals surface area (Å²) in [5.41, 5.74) is 3.30. The van der Waals surface area contributed by atoms with Crippen LogP contribution in [0.2, 0.25) is 5.02 Å². The number of hydrogen-bond acceptors (Lipinski definition) is 4. The second-order valence-electron chi connectivity index (χ2n) is 7.70. The number of imide groups is 1. The molecule has 7 heteroatoms. The Kier molecular flexibility index (Phi) is 5.08. The van der Waals surface area contributed by atoms with E-state index in [9.17, 15) is 9.59 Å². The topological polar surface area (TPSA) is 49.9 Å². The van der Waals surface area contributed by atoms with Crippen molar-refractivity contribution in [3.8, 4) is 0 Å². The third kappa shape index (κ3) is 3.45. The number of carbonyl (C=O) groups excluding carboxylic acids is 2. The molecule has 2 fully saturated rings. The molecular formula is C24H18BrClN2O3. The number of benzene rings is 3. The second-order valence-corrected chi connectivity index (χ2v) is 9.05. The third-order valence-corrected chi connectivity index (χ3v) is 6.48. The molecule has 2 amide bonds. The summed E-state index contributed by atoms with van der Waals surface area (Å²) in [6, 6.07) is 21.8. The molecule has 5 rings (SSSR count). The molecule has 2 aliphatic rings. The molecule has 0 spiro atoms. The highest BCUT2D eigenvalue weighted by atomic mass is 79.9. The Hall–Kier alpha value is -2.67. The van der Waals surface area contributed by atoms with Crippen molar-refractivity contribution >= 4 is 50.7 Å². The minimum absolute atomic E-state index is 0.264. The van der Waals surface area contributed by atoms with E-state index in [1.165, 1.54) is 4.90 Å². The molecule has 0 saturated carbocycles. The molecule has 156 valence electrons. The van der Waals surface area contributed by atoms with Crippen LogP contribution in [-0.2, 0) is 14.4 Å². The summed E-state index contributed by atoms with van der Waals surface area (Å²) in [6.45, 7) is 2.01. The summed E-state index contributed by atoms with van der Waals surface area (Å²) in [7, 11) is 0. The molecule has 0 aromatic heterocycles. The third-order valence-electron chi connectivity index (χ3n) is 5.70. The van der Waals surface area contributed by atoms with Crippen molar-refractivity contribution < 1.29 is 14.4 Å². The van der Waals surface area contributed by atoms with Crippen molar-refractivity contribution in [2.24, 2.45) is 5.92 Å². The van der Waals surface area contributed by atoms with E-state index in [1.54, 1.807) is 29.3 Å². The van der Waals surface area contributed by atoms with Crippen LogP contribution < -0.4 is 9.96 Å². The van der Waals surface area contributed by atoms with Crippen LogP contribution in [0.3, 0.4) is 0 Å². The Labute approximate surface area is 193 Å². The van der Waals surface area contributed by atoms with Gasteiger partial charge in [-0.2, -0.15) is 0 Å². The van der Waals surface area contributed by atoms with Crippen molar-refractivity contribution in [2.45, 2.75) is 19.1 Å². The van der Waals surface area contributed by atoms with Crippen molar-refractivity contribution in [1.82, 2.24) is 0 Å². The maximum absolute atomic E-state index is 13.5. The van der Waals surface area contributed by atoms with Gasteiger partial charge < -0.3 is 0 Å². The van der Waals surface area contributed by atoms with E-state index < -0.39 is 18.1 Å². The molecule has 2 aliphatic heterocycles. The molecule has 5 nitrogen and oxygen atoms in total. The van der Waals surface area contributed by atoms with Gasteiger partial charge in [0.15, 0.2) is 6.10 Å². The predicted molar refractivity (Wildman–Crippen MR) is 123 cm³/mol. The van der Waals surface area contributed by atoms with Crippen LogP contribution in [0, 0.1) is 12.8 Å². The van der Waals surface area contributed by atoms with Gasteiger partial charge in [0.1, 0.15) is 5.92 Å². The van der Waals surface area contributed by atoms with Crippen LogP contribution in [-0.4, -0.2) is 17.9 Å². The molecule has 0 radical (unpaired) electrons. The van der Waals surface area contributed by atoms with E-state index in [0.717, 1.165) is 21.3 Å². The molecule has 0 aliphatic carbocycles. The van der Waals surface area contributed by atoms with Crippen LogP contribution in [0.1, 0.15) is 17.2 Å². The number of anilines is 2. The van der Waals surface area contributed by atoms with Gasteiger partial charge in [-0.1, -0.05) is 57.4 Å². The molecule has 31 heavy (non-hydrogen) atoms. The van der Waals surface area contributed by atoms with Crippen molar-refractivity contribution in [2.75, 3.05) is 9.96 Å². The van der Waals surface area contributed by atoms with E-state index in [1.807, 2.05) is 55.5 Å². The van der Waals surface area contributed by atoms with Crippen LogP contribution >= 0.6 is 27.5 Å². The second kappa shape index (κ2) is 7.79. The summed E-state index contributed by atoms with van der Waals surface area (Å²) >= 11 is 9.44. The van der Waals surface area contributed by atoms with Gasteiger partial charge in [-0.25, -0.2) is 9.96 Å². The normalized spacial score (nSPS) is 22.9. The smallest absolute Gasteiger partial charge is 0.266 e. The maximum atomic E-state index is 13.5. The molecule has 2 heterocycles. The maximum Gasteiger partial charge on any atom is 0.266 e. The first kappa shape index (κ1) is 20.2. The summed E-state index contributed by atoms with van der Waals surface area (Å²) in [6.07, 6.45) is -0.891. The van der Waals surface area contributed by atoms with Crippen LogP contribution in [0.15, 0.2) is 77.3 Å². The fraction of sp³-hybridized carbons (Fsp3) is 0.167. The van der Waals surface area contributed by atoms with Crippen molar-refractivity contribution in [1.29, 1.82) is 0 Å². The SMILES string of the molecule is Cc1ccc([C@H]2[C@@H]3C(=O)N(c4ccc(Br)cc4)C(=O)[C@H]3ON2c2ccc(Cl)cc2)cc1. The van der Waals surface area contributed by atoms with Crippen LogP contribution in [0.25, 0.3) is 0 Å². The zero-order chi connectivity index (χ0) is 21.7. The molecular weight excluding hydrogens is 480 g/mol. The molecule has 2 saturated heterocycles. The van der Waals surface area contributed by atoms with Crippen LogP contribution in [0.5, 0.6) is 0 Å². The molecule has 3 aromatic rings. The van der Waals surface area contributed by atoms with Gasteiger partial charge in [-0.05, 0) is 61.0 Å². The number of halogens is 2. The average molecular weight is 498 g/mol. The number of carbonyl (C=O) groups is 2. The Morgan fingerprint density at radius 1 is 0.839 bits per heavy atom. The standard InChI is InChI=1S/C24H18BrClN2O3/c1-14-2-4-15(5-3-14)21-20-22(31-28(21)19-12-8-17(26)9-13-19)24(30)27(23(20)29)18-10-6-16(25)7-11-18/h2-13,20-22H,1H3/t20-,21-,22-/m0/s1. The first-order valence-corrected chi connectivity index (χ1v) is 11.0. The quantitative estimate of drug-likeness (QED) is 0.451. The van der Waals surface area contributed by atoms with Crippen molar-refractivity contribution in [3.63, 3.8) is 0 Å². The zero-order valence-corrected chi connectivity index (χ0v) is 18.9. The first-order valence-electron chi connectivity index (χ1n) is 9.85. The lowest BCUT2D eigenvalue weighted by molar-refractivity contribution is -0.126. The summed E-state index contributed by atoms with van der Waals surface area (Å²) in [5, 5.41) is 2.27. The van der Waals surface area contributed by atoms with Gasteiger partial charge in [0.25, 0.3) is 5.91 Å². The highest BCUT2D eigenvalue weighted by Gasteiger charge is 2.60. The number of hydroxylamine groups is 1. The van der Waals surface area contributed by atoms with E-state index in [2.05, 4.69) is 15.9 Å². The zero-order valence-electron chi connectivity index (χ0n) is 16.5. The fourth-order valence-electron chi connectivity index (χ4n) is 4.17. The lowest BCUT2D eigenvalue weighted by Gasteiger charge is -2.29. The van der Waals surface area contributed by atoms with Gasteiger partial charge in [-0.15, -0.1) is 0 Å². The van der Waals surface area contributed by atoms with Gasteiger partial charge in [0, 0.05) is 9.50 Å².